The van der Waals surface area contributed by atoms with Gasteiger partial charge < -0.3 is 0 Å². The fourth-order valence-electron chi connectivity index (χ4n) is 1.46. The number of nitro benzene ring substituents is 1. The molecule has 0 atom stereocenters. The van der Waals surface area contributed by atoms with Crippen molar-refractivity contribution in [1.29, 1.82) is 0 Å². The van der Waals surface area contributed by atoms with Crippen LogP contribution in [0.2, 0.25) is 0 Å². The van der Waals surface area contributed by atoms with Crippen molar-refractivity contribution >= 4 is 18.3 Å². The molecular weight excluding hydrogens is 222 g/mol. The van der Waals surface area contributed by atoms with Gasteiger partial charge in [0.25, 0.3) is 5.69 Å². The average Bonchev–Trinajstić information content (AvgIpc) is 2.29. The lowest BCUT2D eigenvalue weighted by Crippen LogP contribution is -1.87. The first-order valence-electron chi connectivity index (χ1n) is 4.71. The van der Waals surface area contributed by atoms with E-state index < -0.39 is 4.92 Å². The molecule has 0 aromatic heterocycles. The van der Waals surface area contributed by atoms with E-state index in [-0.39, 0.29) is 5.69 Å². The molecule has 2 rings (SSSR count). The smallest absolute Gasteiger partial charge is 0.258 e. The molecule has 2 aromatic carbocycles. The lowest BCUT2D eigenvalue weighted by Gasteiger charge is -2.01. The van der Waals surface area contributed by atoms with Crippen LogP contribution in [0.4, 0.5) is 5.69 Å². The third-order valence-electron chi connectivity index (χ3n) is 2.26. The zero-order valence-corrected chi connectivity index (χ0v) is 9.22. The van der Waals surface area contributed by atoms with Gasteiger partial charge in [0.2, 0.25) is 0 Å². The van der Waals surface area contributed by atoms with Crippen LogP contribution in [-0.2, 0) is 0 Å². The molecular formula is C12H9NO2S. The minimum Gasteiger partial charge on any atom is -0.258 e. The van der Waals surface area contributed by atoms with Crippen molar-refractivity contribution in [2.45, 2.75) is 4.90 Å². The highest BCUT2D eigenvalue weighted by atomic mass is 32.1. The Kier molecular flexibility index (Phi) is 2.92. The third kappa shape index (κ3) is 2.23. The third-order valence-corrected chi connectivity index (χ3v) is 2.54. The van der Waals surface area contributed by atoms with Crippen molar-refractivity contribution in [2.75, 3.05) is 0 Å². The summed E-state index contributed by atoms with van der Waals surface area (Å²) in [6.45, 7) is 0. The van der Waals surface area contributed by atoms with Crippen molar-refractivity contribution in [3.8, 4) is 11.1 Å². The second-order valence-corrected chi connectivity index (χ2v) is 3.87. The van der Waals surface area contributed by atoms with Gasteiger partial charge in [0.1, 0.15) is 0 Å². The summed E-state index contributed by atoms with van der Waals surface area (Å²) in [7, 11) is 0. The largest absolute Gasteiger partial charge is 0.269 e. The Morgan fingerprint density at radius 2 is 1.69 bits per heavy atom. The predicted octanol–water partition coefficient (Wildman–Crippen LogP) is 3.55. The Morgan fingerprint density at radius 3 is 2.25 bits per heavy atom. The van der Waals surface area contributed by atoms with Crippen molar-refractivity contribution in [3.05, 3.63) is 58.6 Å². The van der Waals surface area contributed by atoms with Crippen LogP contribution in [0.5, 0.6) is 0 Å². The van der Waals surface area contributed by atoms with Crippen molar-refractivity contribution in [3.63, 3.8) is 0 Å². The van der Waals surface area contributed by atoms with E-state index in [1.54, 1.807) is 12.1 Å². The number of thiol groups is 1. The van der Waals surface area contributed by atoms with Crippen LogP contribution in [0.1, 0.15) is 0 Å². The van der Waals surface area contributed by atoms with Gasteiger partial charge in [0.15, 0.2) is 0 Å². The Morgan fingerprint density at radius 1 is 1.00 bits per heavy atom. The van der Waals surface area contributed by atoms with Crippen LogP contribution in [-0.4, -0.2) is 4.92 Å². The molecule has 0 aliphatic carbocycles. The van der Waals surface area contributed by atoms with E-state index in [9.17, 15) is 10.1 Å². The summed E-state index contributed by atoms with van der Waals surface area (Å²) < 4.78 is 0. The fraction of sp³-hybridized carbons (Fsp3) is 0. The lowest BCUT2D eigenvalue weighted by molar-refractivity contribution is -0.384. The maximum absolute atomic E-state index is 10.5. The Balaban J connectivity index is 2.38. The number of hydrogen-bond acceptors (Lipinski definition) is 3. The molecule has 2 aromatic rings. The average molecular weight is 231 g/mol. The summed E-state index contributed by atoms with van der Waals surface area (Å²) in [5.74, 6) is 0. The number of nitrogens with zero attached hydrogens (tertiary/aromatic N) is 1. The maximum Gasteiger partial charge on any atom is 0.269 e. The topological polar surface area (TPSA) is 43.1 Å². The molecule has 0 bridgehead atoms. The summed E-state index contributed by atoms with van der Waals surface area (Å²) in [5, 5.41) is 10.5. The van der Waals surface area contributed by atoms with Crippen LogP contribution in [0.15, 0.2) is 53.4 Å². The first-order valence-corrected chi connectivity index (χ1v) is 5.15. The normalized spacial score (nSPS) is 10.1. The van der Waals surface area contributed by atoms with Gasteiger partial charge in [0, 0.05) is 17.0 Å². The second-order valence-electron chi connectivity index (χ2n) is 3.35. The van der Waals surface area contributed by atoms with E-state index in [1.165, 1.54) is 12.1 Å². The van der Waals surface area contributed by atoms with Gasteiger partial charge in [-0.05, 0) is 35.4 Å². The van der Waals surface area contributed by atoms with Gasteiger partial charge in [-0.15, -0.1) is 12.6 Å². The molecule has 0 saturated carbocycles. The molecule has 0 aliphatic rings. The van der Waals surface area contributed by atoms with Crippen LogP contribution in [0.25, 0.3) is 11.1 Å². The molecule has 16 heavy (non-hydrogen) atoms. The van der Waals surface area contributed by atoms with E-state index in [0.29, 0.717) is 0 Å². The minimum absolute atomic E-state index is 0.103. The minimum atomic E-state index is -0.404. The molecule has 0 amide bonds. The highest BCUT2D eigenvalue weighted by Crippen LogP contribution is 2.23. The van der Waals surface area contributed by atoms with Crippen molar-refractivity contribution < 1.29 is 4.92 Å². The molecule has 4 heteroatoms. The van der Waals surface area contributed by atoms with E-state index in [4.69, 9.17) is 0 Å². The summed E-state index contributed by atoms with van der Waals surface area (Å²) in [6.07, 6.45) is 0. The summed E-state index contributed by atoms with van der Waals surface area (Å²) in [5.41, 5.74) is 2.05. The van der Waals surface area contributed by atoms with E-state index in [2.05, 4.69) is 12.6 Å². The number of non-ortho nitro benzene ring substituents is 1. The highest BCUT2D eigenvalue weighted by molar-refractivity contribution is 7.80. The zero-order chi connectivity index (χ0) is 11.5. The maximum atomic E-state index is 10.5. The molecule has 0 fully saturated rings. The Hall–Kier alpha value is -1.81. The predicted molar refractivity (Wildman–Crippen MR) is 65.8 cm³/mol. The molecule has 0 N–H and O–H groups in total. The SMILES string of the molecule is O=[N+]([O-])c1ccc(-c2cccc(S)c2)cc1. The van der Waals surface area contributed by atoms with Gasteiger partial charge >= 0.3 is 0 Å². The molecule has 0 heterocycles. The van der Waals surface area contributed by atoms with Crippen molar-refractivity contribution in [1.82, 2.24) is 0 Å². The Labute approximate surface area is 98.3 Å². The molecule has 3 nitrogen and oxygen atoms in total. The summed E-state index contributed by atoms with van der Waals surface area (Å²) >= 11 is 4.25. The number of nitro groups is 1. The zero-order valence-electron chi connectivity index (χ0n) is 8.33. The first kappa shape index (κ1) is 10.7. The summed E-state index contributed by atoms with van der Waals surface area (Å²) in [4.78, 5) is 11.0. The highest BCUT2D eigenvalue weighted by Gasteiger charge is 2.04. The van der Waals surface area contributed by atoms with Gasteiger partial charge in [0.05, 0.1) is 4.92 Å². The molecule has 0 radical (unpaired) electrons. The van der Waals surface area contributed by atoms with Gasteiger partial charge in [-0.25, -0.2) is 0 Å². The molecule has 0 spiro atoms. The molecule has 0 saturated heterocycles. The molecule has 0 aliphatic heterocycles. The molecule has 80 valence electrons. The first-order chi connectivity index (χ1) is 7.66. The monoisotopic (exact) mass is 231 g/mol. The van der Waals surface area contributed by atoms with E-state index >= 15 is 0 Å². The van der Waals surface area contributed by atoms with E-state index in [1.807, 2.05) is 24.3 Å². The molecule has 0 unspecified atom stereocenters. The van der Waals surface area contributed by atoms with Gasteiger partial charge in [-0.1, -0.05) is 12.1 Å². The van der Waals surface area contributed by atoms with Crippen molar-refractivity contribution in [2.24, 2.45) is 0 Å². The quantitative estimate of drug-likeness (QED) is 0.488. The lowest BCUT2D eigenvalue weighted by atomic mass is 10.1. The number of benzene rings is 2. The number of rotatable bonds is 2. The Bertz CT molecular complexity index is 523. The van der Waals surface area contributed by atoms with Gasteiger partial charge in [-0.2, -0.15) is 0 Å². The van der Waals surface area contributed by atoms with Crippen LogP contribution in [0.3, 0.4) is 0 Å². The second kappa shape index (κ2) is 4.37. The fourth-order valence-corrected chi connectivity index (χ4v) is 1.69. The van der Waals surface area contributed by atoms with Gasteiger partial charge in [-0.3, -0.25) is 10.1 Å². The standard InChI is InChI=1S/C12H9NO2S/c14-13(15)11-6-4-9(5-7-11)10-2-1-3-12(16)8-10/h1-8,16H. The van der Waals surface area contributed by atoms with Crippen LogP contribution < -0.4 is 0 Å². The summed E-state index contributed by atoms with van der Waals surface area (Å²) in [6, 6.07) is 14.1. The number of hydrogen-bond donors (Lipinski definition) is 1. The van der Waals surface area contributed by atoms with Crippen LogP contribution in [0, 0.1) is 10.1 Å². The van der Waals surface area contributed by atoms with Crippen LogP contribution >= 0.6 is 12.6 Å². The van der Waals surface area contributed by atoms with E-state index in [0.717, 1.165) is 16.0 Å².